The summed E-state index contributed by atoms with van der Waals surface area (Å²) < 4.78 is 25.7. The summed E-state index contributed by atoms with van der Waals surface area (Å²) in [5, 5.41) is 3.03. The quantitative estimate of drug-likeness (QED) is 0.785. The Morgan fingerprint density at radius 3 is 2.70 bits per heavy atom. The van der Waals surface area contributed by atoms with Crippen molar-refractivity contribution in [3.8, 4) is 0 Å². The fourth-order valence-electron chi connectivity index (χ4n) is 4.06. The van der Waals surface area contributed by atoms with E-state index in [1.807, 2.05) is 12.1 Å². The molecular formula is C19H30N4O3S. The number of likely N-dealkylation sites (tertiary alicyclic amines) is 1. The minimum absolute atomic E-state index is 0.00725. The van der Waals surface area contributed by atoms with E-state index in [9.17, 15) is 13.2 Å². The zero-order valence-electron chi connectivity index (χ0n) is 16.0. The summed E-state index contributed by atoms with van der Waals surface area (Å²) in [5.74, 6) is 0.281. The number of pyridine rings is 1. The predicted octanol–water partition coefficient (Wildman–Crippen LogP) is 1.22. The maximum absolute atomic E-state index is 12.6. The second-order valence-corrected chi connectivity index (χ2v) is 9.70. The van der Waals surface area contributed by atoms with Gasteiger partial charge in [0, 0.05) is 44.6 Å². The Kier molecular flexibility index (Phi) is 6.83. The standard InChI is InChI=1S/C19H30N4O3S/c1-2-27(25,26)23-11-7-18(8-12-23)22-10-4-6-17(15-22)19(24)21-14-16-5-3-9-20-13-16/h3,5,9,13,17-18H,2,4,6-8,10-12,14-15H2,1H3,(H,21,24). The molecule has 1 amide bonds. The third-order valence-corrected chi connectivity index (χ3v) is 7.59. The van der Waals surface area contributed by atoms with Crippen LogP contribution in [0, 0.1) is 5.92 Å². The summed E-state index contributed by atoms with van der Waals surface area (Å²) in [6.45, 7) is 5.16. The lowest BCUT2D eigenvalue weighted by Crippen LogP contribution is -2.51. The van der Waals surface area contributed by atoms with E-state index >= 15 is 0 Å². The largest absolute Gasteiger partial charge is 0.352 e. The first-order valence-corrected chi connectivity index (χ1v) is 11.5. The second-order valence-electron chi connectivity index (χ2n) is 7.44. The molecule has 2 saturated heterocycles. The fraction of sp³-hybridized carbons (Fsp3) is 0.684. The van der Waals surface area contributed by atoms with Crippen LogP contribution in [0.25, 0.3) is 0 Å². The van der Waals surface area contributed by atoms with Crippen molar-refractivity contribution in [3.05, 3.63) is 30.1 Å². The Bertz CT molecular complexity index is 718. The summed E-state index contributed by atoms with van der Waals surface area (Å²) in [4.78, 5) is 19.0. The number of hydrogen-bond acceptors (Lipinski definition) is 5. The number of amides is 1. The maximum atomic E-state index is 12.6. The van der Waals surface area contributed by atoms with Gasteiger partial charge in [-0.2, -0.15) is 0 Å². The van der Waals surface area contributed by atoms with E-state index in [4.69, 9.17) is 0 Å². The van der Waals surface area contributed by atoms with E-state index in [0.717, 1.165) is 44.3 Å². The molecule has 2 aliphatic heterocycles. The number of nitrogens with one attached hydrogen (secondary N) is 1. The normalized spacial score (nSPS) is 23.2. The number of sulfonamides is 1. The lowest BCUT2D eigenvalue weighted by molar-refractivity contribution is -0.127. The van der Waals surface area contributed by atoms with E-state index in [0.29, 0.717) is 25.7 Å². The average Bonchev–Trinajstić information content (AvgIpc) is 2.73. The van der Waals surface area contributed by atoms with Crippen LogP contribution in [0.4, 0.5) is 0 Å². The van der Waals surface area contributed by atoms with Crippen molar-refractivity contribution in [2.45, 2.75) is 45.2 Å². The van der Waals surface area contributed by atoms with Crippen LogP contribution in [0.2, 0.25) is 0 Å². The predicted molar refractivity (Wildman–Crippen MR) is 104 cm³/mol. The van der Waals surface area contributed by atoms with Gasteiger partial charge in [0.1, 0.15) is 0 Å². The average molecular weight is 395 g/mol. The molecule has 150 valence electrons. The molecule has 0 saturated carbocycles. The molecular weight excluding hydrogens is 364 g/mol. The molecule has 1 N–H and O–H groups in total. The third-order valence-electron chi connectivity index (χ3n) is 5.71. The summed E-state index contributed by atoms with van der Waals surface area (Å²) in [5.41, 5.74) is 1.00. The van der Waals surface area contributed by atoms with Gasteiger partial charge in [-0.3, -0.25) is 14.7 Å². The van der Waals surface area contributed by atoms with Crippen molar-refractivity contribution in [1.29, 1.82) is 0 Å². The molecule has 27 heavy (non-hydrogen) atoms. The first kappa shape index (κ1) is 20.2. The summed E-state index contributed by atoms with van der Waals surface area (Å²) in [6.07, 6.45) is 7.12. The van der Waals surface area contributed by atoms with Crippen molar-refractivity contribution in [3.63, 3.8) is 0 Å². The molecule has 3 rings (SSSR count). The highest BCUT2D eigenvalue weighted by Crippen LogP contribution is 2.25. The van der Waals surface area contributed by atoms with Gasteiger partial charge in [-0.15, -0.1) is 0 Å². The Labute approximate surface area is 162 Å². The van der Waals surface area contributed by atoms with Crippen LogP contribution in [0.3, 0.4) is 0 Å². The van der Waals surface area contributed by atoms with Crippen LogP contribution in [0.5, 0.6) is 0 Å². The van der Waals surface area contributed by atoms with Gasteiger partial charge in [0.05, 0.1) is 11.7 Å². The molecule has 0 spiro atoms. The molecule has 1 aromatic rings. The molecule has 2 aliphatic rings. The Balaban J connectivity index is 1.49. The third kappa shape index (κ3) is 5.27. The lowest BCUT2D eigenvalue weighted by Gasteiger charge is -2.41. The van der Waals surface area contributed by atoms with E-state index in [-0.39, 0.29) is 17.6 Å². The molecule has 0 aromatic carbocycles. The Hall–Kier alpha value is -1.51. The number of rotatable bonds is 6. The van der Waals surface area contributed by atoms with E-state index < -0.39 is 10.0 Å². The van der Waals surface area contributed by atoms with Crippen molar-refractivity contribution in [2.24, 2.45) is 5.92 Å². The highest BCUT2D eigenvalue weighted by atomic mass is 32.2. The molecule has 1 unspecified atom stereocenters. The van der Waals surface area contributed by atoms with Gasteiger partial charge >= 0.3 is 0 Å². The van der Waals surface area contributed by atoms with Crippen LogP contribution >= 0.6 is 0 Å². The zero-order chi connectivity index (χ0) is 19.3. The lowest BCUT2D eigenvalue weighted by atomic mass is 9.93. The SMILES string of the molecule is CCS(=O)(=O)N1CCC(N2CCCC(C(=O)NCc3cccnc3)C2)CC1. The summed E-state index contributed by atoms with van der Waals surface area (Å²) in [7, 11) is -3.09. The van der Waals surface area contributed by atoms with Crippen molar-refractivity contribution in [2.75, 3.05) is 31.9 Å². The smallest absolute Gasteiger partial charge is 0.224 e. The monoisotopic (exact) mass is 394 g/mol. The van der Waals surface area contributed by atoms with Crippen LogP contribution < -0.4 is 5.32 Å². The van der Waals surface area contributed by atoms with E-state index in [2.05, 4.69) is 15.2 Å². The van der Waals surface area contributed by atoms with Gasteiger partial charge in [-0.1, -0.05) is 6.07 Å². The molecule has 0 bridgehead atoms. The first-order valence-electron chi connectivity index (χ1n) is 9.88. The van der Waals surface area contributed by atoms with Crippen molar-refractivity contribution >= 4 is 15.9 Å². The topological polar surface area (TPSA) is 82.6 Å². The van der Waals surface area contributed by atoms with Gasteiger partial charge in [0.15, 0.2) is 0 Å². The number of carbonyl (C=O) groups is 1. The maximum Gasteiger partial charge on any atom is 0.224 e. The molecule has 7 nitrogen and oxygen atoms in total. The molecule has 0 aliphatic carbocycles. The van der Waals surface area contributed by atoms with E-state index in [1.54, 1.807) is 23.6 Å². The van der Waals surface area contributed by atoms with Crippen LogP contribution in [-0.2, 0) is 21.4 Å². The molecule has 8 heteroatoms. The molecule has 1 atom stereocenters. The van der Waals surface area contributed by atoms with Gasteiger partial charge in [-0.25, -0.2) is 12.7 Å². The molecule has 2 fully saturated rings. The molecule has 0 radical (unpaired) electrons. The van der Waals surface area contributed by atoms with Crippen LogP contribution in [0.15, 0.2) is 24.5 Å². The first-order chi connectivity index (χ1) is 13.0. The minimum Gasteiger partial charge on any atom is -0.352 e. The number of carbonyl (C=O) groups excluding carboxylic acids is 1. The molecule has 3 heterocycles. The van der Waals surface area contributed by atoms with Crippen LogP contribution in [0.1, 0.15) is 38.2 Å². The second kappa shape index (κ2) is 9.12. The van der Waals surface area contributed by atoms with Crippen molar-refractivity contribution < 1.29 is 13.2 Å². The fourth-order valence-corrected chi connectivity index (χ4v) is 5.19. The van der Waals surface area contributed by atoms with Gasteiger partial charge in [-0.05, 0) is 50.8 Å². The number of aromatic nitrogens is 1. The Morgan fingerprint density at radius 2 is 2.04 bits per heavy atom. The van der Waals surface area contributed by atoms with Gasteiger partial charge in [0.25, 0.3) is 0 Å². The zero-order valence-corrected chi connectivity index (χ0v) is 16.8. The number of nitrogens with zero attached hydrogens (tertiary/aromatic N) is 3. The number of hydrogen-bond donors (Lipinski definition) is 1. The number of piperidine rings is 2. The Morgan fingerprint density at radius 1 is 1.26 bits per heavy atom. The van der Waals surface area contributed by atoms with E-state index in [1.165, 1.54) is 0 Å². The van der Waals surface area contributed by atoms with Crippen LogP contribution in [-0.4, -0.2) is 66.5 Å². The van der Waals surface area contributed by atoms with Crippen molar-refractivity contribution in [1.82, 2.24) is 19.5 Å². The van der Waals surface area contributed by atoms with Gasteiger partial charge in [0.2, 0.25) is 15.9 Å². The highest BCUT2D eigenvalue weighted by Gasteiger charge is 2.33. The van der Waals surface area contributed by atoms with Gasteiger partial charge < -0.3 is 5.32 Å². The highest BCUT2D eigenvalue weighted by molar-refractivity contribution is 7.89. The molecule has 1 aromatic heterocycles. The minimum atomic E-state index is -3.09. The summed E-state index contributed by atoms with van der Waals surface area (Å²) in [6, 6.07) is 4.20. The summed E-state index contributed by atoms with van der Waals surface area (Å²) >= 11 is 0.